The van der Waals surface area contributed by atoms with Gasteiger partial charge in [0.25, 0.3) is 0 Å². The van der Waals surface area contributed by atoms with Gasteiger partial charge in [-0.15, -0.1) is 0 Å². The molecule has 210 valence electrons. The molecule has 6 aromatic rings. The predicted octanol–water partition coefficient (Wildman–Crippen LogP) is 6.95. The van der Waals surface area contributed by atoms with Crippen molar-refractivity contribution >= 4 is 28.3 Å². The van der Waals surface area contributed by atoms with E-state index in [1.807, 2.05) is 55.8 Å². The van der Waals surface area contributed by atoms with Gasteiger partial charge in [-0.25, -0.2) is 9.48 Å². The van der Waals surface area contributed by atoms with Crippen molar-refractivity contribution in [1.29, 1.82) is 0 Å². The Morgan fingerprint density at radius 3 is 2.45 bits per heavy atom. The van der Waals surface area contributed by atoms with E-state index in [1.165, 1.54) is 0 Å². The first-order valence-electron chi connectivity index (χ1n) is 13.5. The van der Waals surface area contributed by atoms with Crippen molar-refractivity contribution in [1.82, 2.24) is 29.5 Å². The second-order valence-electron chi connectivity index (χ2n) is 11.0. The summed E-state index contributed by atoms with van der Waals surface area (Å²) in [6, 6.07) is 20.3. The van der Waals surface area contributed by atoms with Gasteiger partial charge in [0.1, 0.15) is 17.3 Å². The molecule has 0 fully saturated rings. The van der Waals surface area contributed by atoms with E-state index in [4.69, 9.17) is 9.84 Å². The van der Waals surface area contributed by atoms with E-state index >= 15 is 0 Å². The quantitative estimate of drug-likeness (QED) is 0.229. The molecule has 0 radical (unpaired) electrons. The summed E-state index contributed by atoms with van der Waals surface area (Å²) in [6.07, 6.45) is 8.93. The Balaban J connectivity index is 1.16. The second kappa shape index (κ2) is 10.8. The Hall–Kier alpha value is -5.51. The molecule has 0 aliphatic carbocycles. The summed E-state index contributed by atoms with van der Waals surface area (Å²) in [5.41, 5.74) is 3.78. The molecule has 4 heterocycles. The Morgan fingerprint density at radius 2 is 1.69 bits per heavy atom. The third-order valence-corrected chi connectivity index (χ3v) is 6.67. The maximum atomic E-state index is 13.1. The number of nitrogens with one attached hydrogen (secondary N) is 2. The number of benzene rings is 2. The third-order valence-electron chi connectivity index (χ3n) is 6.67. The molecule has 0 aliphatic rings. The van der Waals surface area contributed by atoms with Crippen molar-refractivity contribution in [3.8, 4) is 28.4 Å². The zero-order valence-electron chi connectivity index (χ0n) is 23.7. The summed E-state index contributed by atoms with van der Waals surface area (Å²) in [7, 11) is 1.86. The average Bonchev–Trinajstić information content (AvgIpc) is 3.60. The fraction of sp³-hybridized carbons (Fsp3) is 0.156. The van der Waals surface area contributed by atoms with Gasteiger partial charge in [-0.1, -0.05) is 26.8 Å². The van der Waals surface area contributed by atoms with Gasteiger partial charge < -0.3 is 10.1 Å². The maximum absolute atomic E-state index is 13.1. The van der Waals surface area contributed by atoms with Gasteiger partial charge in [-0.2, -0.15) is 10.2 Å². The topological polar surface area (TPSA) is 112 Å². The Morgan fingerprint density at radius 1 is 0.857 bits per heavy atom. The second-order valence-corrected chi connectivity index (χ2v) is 11.0. The molecule has 42 heavy (non-hydrogen) atoms. The summed E-state index contributed by atoms with van der Waals surface area (Å²) < 4.78 is 9.50. The smallest absolute Gasteiger partial charge is 0.324 e. The van der Waals surface area contributed by atoms with E-state index in [9.17, 15) is 4.79 Å². The summed E-state index contributed by atoms with van der Waals surface area (Å²) >= 11 is 0. The minimum absolute atomic E-state index is 0.206. The van der Waals surface area contributed by atoms with Crippen LogP contribution in [0.5, 0.6) is 11.5 Å². The predicted molar refractivity (Wildman–Crippen MR) is 163 cm³/mol. The van der Waals surface area contributed by atoms with Crippen LogP contribution in [0.2, 0.25) is 0 Å². The van der Waals surface area contributed by atoms with E-state index in [-0.39, 0.29) is 11.4 Å². The molecule has 0 unspecified atom stereocenters. The molecule has 2 N–H and O–H groups in total. The van der Waals surface area contributed by atoms with Crippen LogP contribution in [0.1, 0.15) is 26.5 Å². The molecule has 0 bridgehead atoms. The standard InChI is InChI=1S/C32H30N8O2/c1-32(2,3)29-17-30(40(38-29)25-8-5-22-18-33-13-11-21(22)15-25)37-31(41)36-24-6-9-26(10-7-24)42-27-12-14-34-28(16-27)23-19-35-39(4)20-23/h5-20H,1-4H3,(H2,36,37,41). The highest BCUT2D eigenvalue weighted by atomic mass is 16.5. The molecular weight excluding hydrogens is 528 g/mol. The van der Waals surface area contributed by atoms with Gasteiger partial charge in [0, 0.05) is 66.0 Å². The molecule has 10 nitrogen and oxygen atoms in total. The highest BCUT2D eigenvalue weighted by Gasteiger charge is 2.22. The number of hydrogen-bond acceptors (Lipinski definition) is 6. The number of rotatable bonds is 6. The molecule has 2 aromatic carbocycles. The van der Waals surface area contributed by atoms with Crippen molar-refractivity contribution in [2.45, 2.75) is 26.2 Å². The fourth-order valence-electron chi connectivity index (χ4n) is 4.44. The zero-order valence-corrected chi connectivity index (χ0v) is 23.7. The summed E-state index contributed by atoms with van der Waals surface area (Å²) in [4.78, 5) is 21.7. The lowest BCUT2D eigenvalue weighted by Gasteiger charge is -2.14. The summed E-state index contributed by atoms with van der Waals surface area (Å²) in [6.45, 7) is 6.26. The number of pyridine rings is 2. The van der Waals surface area contributed by atoms with Gasteiger partial charge in [-0.3, -0.25) is 20.0 Å². The monoisotopic (exact) mass is 558 g/mol. The van der Waals surface area contributed by atoms with Crippen LogP contribution in [0.15, 0.2) is 97.7 Å². The molecule has 0 aliphatic heterocycles. The Labute approximate surface area is 243 Å². The molecule has 0 spiro atoms. The van der Waals surface area contributed by atoms with E-state index < -0.39 is 0 Å². The summed E-state index contributed by atoms with van der Waals surface area (Å²) in [5, 5.41) is 17.0. The third kappa shape index (κ3) is 5.83. The van der Waals surface area contributed by atoms with Crippen molar-refractivity contribution in [3.63, 3.8) is 0 Å². The first kappa shape index (κ1) is 26.7. The van der Waals surface area contributed by atoms with Gasteiger partial charge in [0.15, 0.2) is 0 Å². The highest BCUT2D eigenvalue weighted by molar-refractivity contribution is 5.99. The largest absolute Gasteiger partial charge is 0.457 e. The number of fused-ring (bicyclic) bond motifs is 1. The molecular formula is C32H30N8O2. The minimum atomic E-state index is -0.384. The van der Waals surface area contributed by atoms with E-state index in [2.05, 4.69) is 46.5 Å². The Kier molecular flexibility index (Phi) is 6.87. The molecule has 2 amide bonds. The molecule has 4 aromatic heterocycles. The fourth-order valence-corrected chi connectivity index (χ4v) is 4.44. The first-order valence-corrected chi connectivity index (χ1v) is 13.5. The number of nitrogens with zero attached hydrogens (tertiary/aromatic N) is 6. The van der Waals surface area contributed by atoms with Gasteiger partial charge in [-0.05, 0) is 53.9 Å². The van der Waals surface area contributed by atoms with Crippen LogP contribution >= 0.6 is 0 Å². The molecule has 0 atom stereocenters. The highest BCUT2D eigenvalue weighted by Crippen LogP contribution is 2.29. The maximum Gasteiger partial charge on any atom is 0.324 e. The Bertz CT molecular complexity index is 1880. The van der Waals surface area contributed by atoms with Gasteiger partial charge >= 0.3 is 6.03 Å². The molecule has 0 saturated carbocycles. The van der Waals surface area contributed by atoms with Crippen molar-refractivity contribution in [2.24, 2.45) is 7.05 Å². The number of anilines is 2. The SMILES string of the molecule is Cn1cc(-c2cc(Oc3ccc(NC(=O)Nc4cc(C(C)(C)C)nn4-c4ccc5cnccc5c4)cc3)ccn2)cn1. The lowest BCUT2D eigenvalue weighted by molar-refractivity contribution is 0.262. The lowest BCUT2D eigenvalue weighted by atomic mass is 9.92. The van der Waals surface area contributed by atoms with Gasteiger partial charge in [0.2, 0.25) is 0 Å². The van der Waals surface area contributed by atoms with Gasteiger partial charge in [0.05, 0.1) is 23.3 Å². The van der Waals surface area contributed by atoms with Crippen LogP contribution in [0.4, 0.5) is 16.3 Å². The van der Waals surface area contributed by atoms with Crippen LogP contribution in [-0.2, 0) is 12.5 Å². The van der Waals surface area contributed by atoms with E-state index in [1.54, 1.807) is 58.3 Å². The average molecular weight is 559 g/mol. The number of carbonyl (C=O) groups excluding carboxylic acids is 1. The first-order chi connectivity index (χ1) is 20.2. The molecule has 6 rings (SSSR count). The summed E-state index contributed by atoms with van der Waals surface area (Å²) in [5.74, 6) is 1.84. The van der Waals surface area contributed by atoms with E-state index in [0.717, 1.165) is 33.4 Å². The zero-order chi connectivity index (χ0) is 29.3. The van der Waals surface area contributed by atoms with Crippen molar-refractivity contribution in [3.05, 3.63) is 103 Å². The number of amides is 2. The number of aromatic nitrogens is 6. The van der Waals surface area contributed by atoms with Crippen LogP contribution in [-0.4, -0.2) is 35.6 Å². The van der Waals surface area contributed by atoms with E-state index in [0.29, 0.717) is 23.0 Å². The lowest BCUT2D eigenvalue weighted by Crippen LogP contribution is -2.21. The number of aryl methyl sites for hydroxylation is 1. The van der Waals surface area contributed by atoms with Crippen LogP contribution in [0.25, 0.3) is 27.7 Å². The number of hydrogen-bond donors (Lipinski definition) is 2. The molecule has 10 heteroatoms. The minimum Gasteiger partial charge on any atom is -0.457 e. The van der Waals surface area contributed by atoms with Crippen LogP contribution in [0.3, 0.4) is 0 Å². The molecule has 0 saturated heterocycles. The number of carbonyl (C=O) groups is 1. The number of ether oxygens (including phenoxy) is 1. The normalized spacial score (nSPS) is 11.4. The van der Waals surface area contributed by atoms with Crippen molar-refractivity contribution < 1.29 is 9.53 Å². The number of urea groups is 1. The van der Waals surface area contributed by atoms with Crippen LogP contribution in [0, 0.1) is 0 Å². The van der Waals surface area contributed by atoms with Crippen LogP contribution < -0.4 is 15.4 Å². The van der Waals surface area contributed by atoms with Crippen molar-refractivity contribution in [2.75, 3.05) is 10.6 Å².